The van der Waals surface area contributed by atoms with Crippen molar-refractivity contribution in [2.24, 2.45) is 45.3 Å². The Bertz CT molecular complexity index is 1130. The van der Waals surface area contributed by atoms with Gasteiger partial charge in [0.05, 0.1) is 42.9 Å². The Kier molecular flexibility index (Phi) is 11.5. The van der Waals surface area contributed by atoms with Crippen LogP contribution in [0.4, 0.5) is 0 Å². The van der Waals surface area contributed by atoms with Crippen LogP contribution < -0.4 is 0 Å². The molecule has 7 nitrogen and oxygen atoms in total. The van der Waals surface area contributed by atoms with Gasteiger partial charge in [-0.25, -0.2) is 0 Å². The highest BCUT2D eigenvalue weighted by Crippen LogP contribution is 2.60. The molecule has 7 heteroatoms. The van der Waals surface area contributed by atoms with E-state index in [0.717, 1.165) is 29.7 Å². The fourth-order valence-corrected chi connectivity index (χ4v) is 9.68. The minimum Gasteiger partial charge on any atom is -0.481 e. The predicted molar refractivity (Wildman–Crippen MR) is 175 cm³/mol. The van der Waals surface area contributed by atoms with Gasteiger partial charge in [0.25, 0.3) is 0 Å². The van der Waals surface area contributed by atoms with Crippen molar-refractivity contribution in [1.29, 1.82) is 0 Å². The number of aliphatic carboxylic acids is 1. The number of aliphatic hydroxyl groups is 1. The molecule has 45 heavy (non-hydrogen) atoms. The smallest absolute Gasteiger partial charge is 0.311 e. The maximum Gasteiger partial charge on any atom is 0.311 e. The first-order chi connectivity index (χ1) is 21.1. The number of hydrogen-bond donors (Lipinski definition) is 2. The minimum atomic E-state index is -0.916. The summed E-state index contributed by atoms with van der Waals surface area (Å²) in [5.74, 6) is 1.96. The summed E-state index contributed by atoms with van der Waals surface area (Å²) in [5.41, 5.74) is -1.63. The number of carbonyl (C=O) groups excluding carboxylic acids is 1. The standard InChI is InChI=1S/C38H60O7/c1-8-38(7,33(40)41)23-37(6,24-43-20-27-13-10-9-11-14-27)22-36(5,21-35(3,4)34(42)44-19-26(2)39)25-45-32-18-28-17-31(32)30-16-12-15-29(28)30/h9-11,13-14,26,28-32,39H,8,12,15-25H2,1-7H3,(H,40,41). The second kappa shape index (κ2) is 14.4. The quantitative estimate of drug-likeness (QED) is 0.161. The van der Waals surface area contributed by atoms with Crippen molar-refractivity contribution in [2.45, 2.75) is 125 Å². The van der Waals surface area contributed by atoms with E-state index in [0.29, 0.717) is 51.4 Å². The van der Waals surface area contributed by atoms with Crippen LogP contribution in [0.25, 0.3) is 0 Å². The molecule has 0 saturated heterocycles. The molecule has 1 aromatic carbocycles. The van der Waals surface area contributed by atoms with E-state index in [1.165, 1.54) is 25.7 Å². The molecule has 4 rings (SSSR count). The lowest BCUT2D eigenvalue weighted by molar-refractivity contribution is -0.161. The fraction of sp³-hybridized carbons (Fsp3) is 0.789. The summed E-state index contributed by atoms with van der Waals surface area (Å²) in [6.07, 6.45) is 8.08. The van der Waals surface area contributed by atoms with Crippen molar-refractivity contribution in [1.82, 2.24) is 0 Å². The molecule has 2 bridgehead atoms. The van der Waals surface area contributed by atoms with Crippen molar-refractivity contribution in [3.05, 3.63) is 35.9 Å². The summed E-state index contributed by atoms with van der Waals surface area (Å²) in [5, 5.41) is 20.1. The number of fused-ring (bicyclic) bond motifs is 5. The number of rotatable bonds is 18. The van der Waals surface area contributed by atoms with Crippen molar-refractivity contribution >= 4 is 11.9 Å². The third-order valence-corrected chi connectivity index (χ3v) is 11.4. The SMILES string of the molecule is CCC(C)(CC(C)(COCc1ccccc1)CC(C)(COC1CC2CC1C1CCCC21)CC(C)(C)C(=O)OCC(C)O)C(=O)O. The third-order valence-electron chi connectivity index (χ3n) is 11.4. The van der Waals surface area contributed by atoms with Gasteiger partial charge in [0.2, 0.25) is 0 Å². The van der Waals surface area contributed by atoms with Crippen molar-refractivity contribution < 1.29 is 34.0 Å². The van der Waals surface area contributed by atoms with E-state index in [9.17, 15) is 19.8 Å². The maximum atomic E-state index is 13.3. The number of ether oxygens (including phenoxy) is 3. The number of benzene rings is 1. The van der Waals surface area contributed by atoms with Gasteiger partial charge in [0.1, 0.15) is 6.61 Å². The number of esters is 1. The molecule has 2 N–H and O–H groups in total. The van der Waals surface area contributed by atoms with E-state index in [1.807, 2.05) is 58.0 Å². The van der Waals surface area contributed by atoms with Crippen LogP contribution in [-0.2, 0) is 30.4 Å². The van der Waals surface area contributed by atoms with Crippen LogP contribution in [0.1, 0.15) is 112 Å². The highest BCUT2D eigenvalue weighted by Gasteiger charge is 2.55. The zero-order valence-electron chi connectivity index (χ0n) is 29.0. The fourth-order valence-electron chi connectivity index (χ4n) is 9.68. The Balaban J connectivity index is 1.57. The first kappa shape index (κ1) is 35.9. The summed E-state index contributed by atoms with van der Waals surface area (Å²) >= 11 is 0. The summed E-state index contributed by atoms with van der Waals surface area (Å²) in [7, 11) is 0. The molecular formula is C38H60O7. The normalized spacial score (nSPS) is 28.9. The van der Waals surface area contributed by atoms with Gasteiger partial charge in [-0.2, -0.15) is 0 Å². The van der Waals surface area contributed by atoms with E-state index in [2.05, 4.69) is 13.8 Å². The van der Waals surface area contributed by atoms with Gasteiger partial charge >= 0.3 is 11.9 Å². The Labute approximate surface area is 271 Å². The monoisotopic (exact) mass is 628 g/mol. The minimum absolute atomic E-state index is 0.0400. The molecule has 9 unspecified atom stereocenters. The predicted octanol–water partition coefficient (Wildman–Crippen LogP) is 7.68. The molecule has 0 heterocycles. The molecule has 0 amide bonds. The van der Waals surface area contributed by atoms with E-state index < -0.39 is 33.7 Å². The second-order valence-electron chi connectivity index (χ2n) is 16.7. The van der Waals surface area contributed by atoms with Crippen molar-refractivity contribution in [3.8, 4) is 0 Å². The maximum absolute atomic E-state index is 13.3. The van der Waals surface area contributed by atoms with Crippen LogP contribution in [0.15, 0.2) is 30.3 Å². The number of hydrogen-bond acceptors (Lipinski definition) is 6. The molecule has 3 saturated carbocycles. The molecule has 254 valence electrons. The zero-order valence-corrected chi connectivity index (χ0v) is 29.0. The summed E-state index contributed by atoms with van der Waals surface area (Å²) in [6, 6.07) is 10.0. The van der Waals surface area contributed by atoms with Gasteiger partial charge in [-0.05, 0) is 119 Å². The Hall–Kier alpha value is -1.96. The molecule has 0 aromatic heterocycles. The summed E-state index contributed by atoms with van der Waals surface area (Å²) < 4.78 is 18.8. The van der Waals surface area contributed by atoms with Gasteiger partial charge in [0.15, 0.2) is 0 Å². The first-order valence-electron chi connectivity index (χ1n) is 17.4. The average Bonchev–Trinajstić information content (AvgIpc) is 3.69. The molecule has 0 radical (unpaired) electrons. The van der Waals surface area contributed by atoms with E-state index >= 15 is 0 Å². The van der Waals surface area contributed by atoms with Gasteiger partial charge in [-0.1, -0.05) is 57.5 Å². The van der Waals surface area contributed by atoms with Crippen LogP contribution in [-0.4, -0.2) is 54.2 Å². The molecule has 3 aliphatic carbocycles. The van der Waals surface area contributed by atoms with Gasteiger partial charge in [-0.15, -0.1) is 0 Å². The largest absolute Gasteiger partial charge is 0.481 e. The zero-order chi connectivity index (χ0) is 33.0. The van der Waals surface area contributed by atoms with Gasteiger partial charge in [-0.3, -0.25) is 9.59 Å². The van der Waals surface area contributed by atoms with Crippen LogP contribution in [0, 0.1) is 45.3 Å². The van der Waals surface area contributed by atoms with Gasteiger partial charge < -0.3 is 24.4 Å². The van der Waals surface area contributed by atoms with E-state index in [-0.39, 0.29) is 18.7 Å². The van der Waals surface area contributed by atoms with Crippen LogP contribution in [0.3, 0.4) is 0 Å². The molecule has 1 aromatic rings. The Morgan fingerprint density at radius 3 is 2.22 bits per heavy atom. The van der Waals surface area contributed by atoms with Crippen molar-refractivity contribution in [2.75, 3.05) is 19.8 Å². The van der Waals surface area contributed by atoms with E-state index in [4.69, 9.17) is 14.2 Å². The lowest BCUT2D eigenvalue weighted by Gasteiger charge is -2.45. The molecule has 0 aliphatic heterocycles. The lowest BCUT2D eigenvalue weighted by atomic mass is 9.62. The Morgan fingerprint density at radius 2 is 1.58 bits per heavy atom. The number of carboxylic acid groups (broad SMARTS) is 1. The molecule has 3 aliphatic rings. The Morgan fingerprint density at radius 1 is 0.911 bits per heavy atom. The third kappa shape index (κ3) is 8.90. The number of aliphatic hydroxyl groups excluding tert-OH is 1. The van der Waals surface area contributed by atoms with Crippen LogP contribution in [0.5, 0.6) is 0 Å². The highest BCUT2D eigenvalue weighted by atomic mass is 16.5. The molecular weight excluding hydrogens is 568 g/mol. The molecule has 0 spiro atoms. The van der Waals surface area contributed by atoms with Crippen molar-refractivity contribution in [3.63, 3.8) is 0 Å². The highest BCUT2D eigenvalue weighted by molar-refractivity contribution is 5.76. The summed E-state index contributed by atoms with van der Waals surface area (Å²) in [6.45, 7) is 14.8. The van der Waals surface area contributed by atoms with Crippen LogP contribution >= 0.6 is 0 Å². The molecule has 3 fully saturated rings. The number of carbonyl (C=O) groups is 2. The average molecular weight is 629 g/mol. The van der Waals surface area contributed by atoms with E-state index in [1.54, 1.807) is 6.92 Å². The first-order valence-corrected chi connectivity index (χ1v) is 17.4. The molecule has 9 atom stereocenters. The van der Waals surface area contributed by atoms with Gasteiger partial charge in [0, 0.05) is 0 Å². The second-order valence-corrected chi connectivity index (χ2v) is 16.7. The summed E-state index contributed by atoms with van der Waals surface area (Å²) in [4.78, 5) is 25.9. The topological polar surface area (TPSA) is 102 Å². The van der Waals surface area contributed by atoms with Crippen LogP contribution in [0.2, 0.25) is 0 Å². The lowest BCUT2D eigenvalue weighted by Crippen LogP contribution is -2.44. The number of carboxylic acids is 1.